The summed E-state index contributed by atoms with van der Waals surface area (Å²) in [7, 11) is -3.45. The van der Waals surface area contributed by atoms with Gasteiger partial charge in [-0.3, -0.25) is 0 Å². The van der Waals surface area contributed by atoms with E-state index in [0.29, 0.717) is 4.90 Å². The van der Waals surface area contributed by atoms with Crippen LogP contribution in [-0.4, -0.2) is 8.42 Å². The van der Waals surface area contributed by atoms with Crippen LogP contribution >= 0.6 is 11.3 Å². The Morgan fingerprint density at radius 3 is 2.39 bits per heavy atom. The van der Waals surface area contributed by atoms with E-state index in [0.717, 1.165) is 10.4 Å². The van der Waals surface area contributed by atoms with Crippen LogP contribution in [-0.2, 0) is 10.0 Å². The molecule has 0 amide bonds. The Morgan fingerprint density at radius 1 is 1.17 bits per heavy atom. The molecule has 0 saturated heterocycles. The van der Waals surface area contributed by atoms with Gasteiger partial charge in [-0.25, -0.2) is 13.1 Å². The maximum absolute atomic E-state index is 12.1. The van der Waals surface area contributed by atoms with Crippen molar-refractivity contribution in [3.05, 3.63) is 52.2 Å². The zero-order chi connectivity index (χ0) is 13.2. The fourth-order valence-electron chi connectivity index (χ4n) is 1.61. The van der Waals surface area contributed by atoms with Crippen molar-refractivity contribution in [1.29, 1.82) is 0 Å². The van der Waals surface area contributed by atoms with Crippen molar-refractivity contribution in [2.24, 2.45) is 0 Å². The first kappa shape index (κ1) is 13.3. The fraction of sp³-hybridized carbons (Fsp3) is 0.231. The lowest BCUT2D eigenvalue weighted by molar-refractivity contribution is 0.568. The summed E-state index contributed by atoms with van der Waals surface area (Å²) in [5.41, 5.74) is 1.04. The third kappa shape index (κ3) is 2.98. The van der Waals surface area contributed by atoms with Crippen molar-refractivity contribution >= 4 is 21.4 Å². The molecule has 96 valence electrons. The van der Waals surface area contributed by atoms with Gasteiger partial charge in [0.15, 0.2) is 0 Å². The second-order valence-electron chi connectivity index (χ2n) is 4.17. The highest BCUT2D eigenvalue weighted by molar-refractivity contribution is 7.89. The van der Waals surface area contributed by atoms with E-state index in [-0.39, 0.29) is 6.04 Å². The average Bonchev–Trinajstić information content (AvgIpc) is 2.82. The molecule has 0 radical (unpaired) electrons. The monoisotopic (exact) mass is 281 g/mol. The number of nitrogens with one attached hydrogen (secondary N) is 1. The number of benzene rings is 1. The molecule has 1 heterocycles. The van der Waals surface area contributed by atoms with Crippen molar-refractivity contribution in [1.82, 2.24) is 4.72 Å². The van der Waals surface area contributed by atoms with Gasteiger partial charge in [-0.2, -0.15) is 0 Å². The van der Waals surface area contributed by atoms with E-state index in [2.05, 4.69) is 4.72 Å². The minimum absolute atomic E-state index is 0.212. The van der Waals surface area contributed by atoms with Gasteiger partial charge in [0.05, 0.1) is 10.9 Å². The maximum Gasteiger partial charge on any atom is 0.241 e. The van der Waals surface area contributed by atoms with Crippen LogP contribution < -0.4 is 4.72 Å². The molecular weight excluding hydrogens is 266 g/mol. The summed E-state index contributed by atoms with van der Waals surface area (Å²) in [6.45, 7) is 3.77. The molecule has 1 atom stereocenters. The third-order valence-corrected chi connectivity index (χ3v) is 5.24. The normalized spacial score (nSPS) is 13.4. The van der Waals surface area contributed by atoms with E-state index in [1.807, 2.05) is 31.4 Å². The molecule has 0 bridgehead atoms. The molecule has 0 saturated carbocycles. The van der Waals surface area contributed by atoms with E-state index in [9.17, 15) is 8.42 Å². The Labute approximate surface area is 112 Å². The highest BCUT2D eigenvalue weighted by Gasteiger charge is 2.18. The number of rotatable bonds is 4. The van der Waals surface area contributed by atoms with Crippen LogP contribution in [0.15, 0.2) is 46.7 Å². The van der Waals surface area contributed by atoms with Crippen LogP contribution in [0.25, 0.3) is 0 Å². The molecule has 2 rings (SSSR count). The minimum atomic E-state index is -3.45. The highest BCUT2D eigenvalue weighted by Crippen LogP contribution is 2.21. The maximum atomic E-state index is 12.1. The van der Waals surface area contributed by atoms with Crippen molar-refractivity contribution in [3.8, 4) is 0 Å². The Kier molecular flexibility index (Phi) is 3.85. The lowest BCUT2D eigenvalue weighted by Gasteiger charge is -2.12. The molecule has 0 unspecified atom stereocenters. The average molecular weight is 281 g/mol. The van der Waals surface area contributed by atoms with Crippen molar-refractivity contribution in [3.63, 3.8) is 0 Å². The zero-order valence-electron chi connectivity index (χ0n) is 10.3. The molecule has 1 aromatic carbocycles. The van der Waals surface area contributed by atoms with Gasteiger partial charge in [-0.1, -0.05) is 23.8 Å². The van der Waals surface area contributed by atoms with E-state index in [4.69, 9.17) is 0 Å². The van der Waals surface area contributed by atoms with Crippen LogP contribution in [0.1, 0.15) is 23.4 Å². The van der Waals surface area contributed by atoms with Crippen LogP contribution in [0.2, 0.25) is 0 Å². The van der Waals surface area contributed by atoms with Crippen LogP contribution in [0, 0.1) is 6.92 Å². The number of hydrogen-bond donors (Lipinski definition) is 1. The molecule has 0 aliphatic heterocycles. The van der Waals surface area contributed by atoms with Gasteiger partial charge in [0, 0.05) is 4.88 Å². The first-order valence-electron chi connectivity index (χ1n) is 5.61. The summed E-state index contributed by atoms with van der Waals surface area (Å²) in [6, 6.07) is 10.5. The van der Waals surface area contributed by atoms with E-state index in [1.54, 1.807) is 35.6 Å². The summed E-state index contributed by atoms with van der Waals surface area (Å²) in [5, 5.41) is 1.94. The molecule has 0 spiro atoms. The van der Waals surface area contributed by atoms with Crippen molar-refractivity contribution in [2.75, 3.05) is 0 Å². The Hall–Kier alpha value is -1.17. The van der Waals surface area contributed by atoms with Crippen LogP contribution in [0.4, 0.5) is 0 Å². The predicted molar refractivity (Wildman–Crippen MR) is 74.2 cm³/mol. The van der Waals surface area contributed by atoms with Gasteiger partial charge in [0.25, 0.3) is 0 Å². The largest absolute Gasteiger partial charge is 0.241 e. The molecule has 0 fully saturated rings. The summed E-state index contributed by atoms with van der Waals surface area (Å²) >= 11 is 1.54. The smallest absolute Gasteiger partial charge is 0.207 e. The number of sulfonamides is 1. The van der Waals surface area contributed by atoms with E-state index in [1.165, 1.54) is 0 Å². The van der Waals surface area contributed by atoms with Crippen LogP contribution in [0.5, 0.6) is 0 Å². The quantitative estimate of drug-likeness (QED) is 0.936. The van der Waals surface area contributed by atoms with Gasteiger partial charge < -0.3 is 0 Å². The number of hydrogen-bond acceptors (Lipinski definition) is 3. The lowest BCUT2D eigenvalue weighted by Crippen LogP contribution is -2.26. The second kappa shape index (κ2) is 5.22. The second-order valence-corrected chi connectivity index (χ2v) is 6.86. The fourth-order valence-corrected chi connectivity index (χ4v) is 3.65. The van der Waals surface area contributed by atoms with E-state index >= 15 is 0 Å². The summed E-state index contributed by atoms with van der Waals surface area (Å²) in [6.07, 6.45) is 0. The molecule has 5 heteroatoms. The Balaban J connectivity index is 2.20. The number of aryl methyl sites for hydroxylation is 1. The summed E-state index contributed by atoms with van der Waals surface area (Å²) in [5.74, 6) is 0. The highest BCUT2D eigenvalue weighted by atomic mass is 32.2. The molecule has 18 heavy (non-hydrogen) atoms. The van der Waals surface area contributed by atoms with E-state index < -0.39 is 10.0 Å². The standard InChI is InChI=1S/C13H15NO2S2/c1-10-5-7-12(8-6-10)18(15,16)14-11(2)13-4-3-9-17-13/h3-9,11,14H,1-2H3/t11-/m0/s1. The number of thiophene rings is 1. The molecule has 1 aromatic heterocycles. The predicted octanol–water partition coefficient (Wildman–Crippen LogP) is 3.10. The minimum Gasteiger partial charge on any atom is -0.207 e. The molecule has 0 aliphatic rings. The van der Waals surface area contributed by atoms with Crippen molar-refractivity contribution < 1.29 is 8.42 Å². The van der Waals surface area contributed by atoms with Gasteiger partial charge >= 0.3 is 0 Å². The van der Waals surface area contributed by atoms with Gasteiger partial charge in [0.2, 0.25) is 10.0 Å². The van der Waals surface area contributed by atoms with Gasteiger partial charge in [-0.15, -0.1) is 11.3 Å². The zero-order valence-corrected chi connectivity index (χ0v) is 11.9. The summed E-state index contributed by atoms with van der Waals surface area (Å²) in [4.78, 5) is 1.31. The molecule has 0 aliphatic carbocycles. The molecular formula is C13H15NO2S2. The lowest BCUT2D eigenvalue weighted by atomic mass is 10.2. The SMILES string of the molecule is Cc1ccc(S(=O)(=O)N[C@@H](C)c2cccs2)cc1. The molecule has 3 nitrogen and oxygen atoms in total. The van der Waals surface area contributed by atoms with Gasteiger partial charge in [-0.05, 0) is 37.4 Å². The Morgan fingerprint density at radius 2 is 1.83 bits per heavy atom. The van der Waals surface area contributed by atoms with Crippen LogP contribution in [0.3, 0.4) is 0 Å². The third-order valence-electron chi connectivity index (χ3n) is 2.63. The molecule has 2 aromatic rings. The first-order valence-corrected chi connectivity index (χ1v) is 7.98. The summed E-state index contributed by atoms with van der Waals surface area (Å²) < 4.78 is 27.0. The Bertz CT molecular complexity index is 601. The van der Waals surface area contributed by atoms with Gasteiger partial charge in [0.1, 0.15) is 0 Å². The first-order chi connectivity index (χ1) is 8.49. The molecule has 1 N–H and O–H groups in total. The topological polar surface area (TPSA) is 46.2 Å². The van der Waals surface area contributed by atoms with Crippen molar-refractivity contribution in [2.45, 2.75) is 24.8 Å².